The third kappa shape index (κ3) is 2.33. The summed E-state index contributed by atoms with van der Waals surface area (Å²) in [5.74, 6) is 0. The van der Waals surface area contributed by atoms with Gasteiger partial charge in [0.25, 0.3) is 5.56 Å². The maximum atomic E-state index is 12.6. The number of aromatic nitrogens is 1. The van der Waals surface area contributed by atoms with Gasteiger partial charge >= 0.3 is 0 Å². The van der Waals surface area contributed by atoms with Crippen LogP contribution in [0.5, 0.6) is 0 Å². The number of fused-ring (bicyclic) bond motifs is 1. The molecule has 1 saturated carbocycles. The van der Waals surface area contributed by atoms with Crippen LogP contribution in [-0.2, 0) is 0 Å². The third-order valence-electron chi connectivity index (χ3n) is 4.66. The Kier molecular flexibility index (Phi) is 3.08. The van der Waals surface area contributed by atoms with Crippen molar-refractivity contribution in [2.24, 2.45) is 5.41 Å². The maximum Gasteiger partial charge on any atom is 0.258 e. The molecular formula is C17H22N2O. The normalized spacial score (nSPS) is 19.3. The van der Waals surface area contributed by atoms with Crippen LogP contribution in [0.1, 0.15) is 45.6 Å². The van der Waals surface area contributed by atoms with E-state index in [4.69, 9.17) is 5.73 Å². The molecule has 0 amide bonds. The summed E-state index contributed by atoms with van der Waals surface area (Å²) in [7, 11) is 0. The highest BCUT2D eigenvalue weighted by atomic mass is 16.1. The molecule has 1 fully saturated rings. The zero-order valence-electron chi connectivity index (χ0n) is 12.2. The number of rotatable bonds is 1. The molecule has 1 heterocycles. The van der Waals surface area contributed by atoms with Gasteiger partial charge in [0.05, 0.1) is 0 Å². The minimum Gasteiger partial charge on any atom is -0.399 e. The summed E-state index contributed by atoms with van der Waals surface area (Å²) >= 11 is 0. The standard InChI is InChI=1S/C17H22N2O/c1-17(2)8-5-14(6-9-17)19-10-7-12-3-4-13(18)11-15(12)16(19)20/h3-4,7,10-11,14H,5-6,8-9,18H2,1-2H3. The Morgan fingerprint density at radius 2 is 1.90 bits per heavy atom. The molecule has 0 bridgehead atoms. The predicted octanol–water partition coefficient (Wildman–Crippen LogP) is 3.73. The Bertz CT molecular complexity index is 690. The van der Waals surface area contributed by atoms with Crippen molar-refractivity contribution in [3.05, 3.63) is 40.8 Å². The first kappa shape index (κ1) is 13.2. The predicted molar refractivity (Wildman–Crippen MR) is 83.9 cm³/mol. The Balaban J connectivity index is 2.01. The lowest BCUT2D eigenvalue weighted by molar-refractivity contribution is 0.192. The van der Waals surface area contributed by atoms with E-state index in [1.54, 1.807) is 6.07 Å². The average Bonchev–Trinajstić information content (AvgIpc) is 2.41. The number of pyridine rings is 1. The second kappa shape index (κ2) is 4.65. The van der Waals surface area contributed by atoms with Gasteiger partial charge in [0.1, 0.15) is 0 Å². The Hall–Kier alpha value is -1.77. The second-order valence-corrected chi connectivity index (χ2v) is 6.77. The molecule has 2 aromatic rings. The van der Waals surface area contributed by atoms with Crippen LogP contribution in [-0.4, -0.2) is 4.57 Å². The summed E-state index contributed by atoms with van der Waals surface area (Å²) in [6, 6.07) is 7.91. The van der Waals surface area contributed by atoms with Crippen molar-refractivity contribution < 1.29 is 0 Å². The molecule has 3 heteroatoms. The van der Waals surface area contributed by atoms with E-state index in [0.717, 1.165) is 23.6 Å². The van der Waals surface area contributed by atoms with Gasteiger partial charge < -0.3 is 10.3 Å². The smallest absolute Gasteiger partial charge is 0.258 e. The van der Waals surface area contributed by atoms with E-state index >= 15 is 0 Å². The molecule has 1 aliphatic carbocycles. The Morgan fingerprint density at radius 3 is 2.60 bits per heavy atom. The largest absolute Gasteiger partial charge is 0.399 e. The number of benzene rings is 1. The molecule has 1 aromatic heterocycles. The van der Waals surface area contributed by atoms with Gasteiger partial charge in [-0.2, -0.15) is 0 Å². The zero-order valence-corrected chi connectivity index (χ0v) is 12.2. The van der Waals surface area contributed by atoms with Gasteiger partial charge in [0, 0.05) is 23.3 Å². The SMILES string of the molecule is CC1(C)CCC(n2ccc3ccc(N)cc3c2=O)CC1. The van der Waals surface area contributed by atoms with E-state index in [1.165, 1.54) is 12.8 Å². The second-order valence-electron chi connectivity index (χ2n) is 6.77. The van der Waals surface area contributed by atoms with Crippen LogP contribution in [0.25, 0.3) is 10.8 Å². The topological polar surface area (TPSA) is 48.0 Å². The van der Waals surface area contributed by atoms with Crippen LogP contribution in [0, 0.1) is 5.41 Å². The minimum atomic E-state index is 0.0968. The van der Waals surface area contributed by atoms with E-state index in [1.807, 2.05) is 29.0 Å². The van der Waals surface area contributed by atoms with Crippen molar-refractivity contribution in [1.29, 1.82) is 0 Å². The molecule has 3 rings (SSSR count). The molecule has 0 unspecified atom stereocenters. The summed E-state index contributed by atoms with van der Waals surface area (Å²) in [5.41, 5.74) is 6.97. The van der Waals surface area contributed by atoms with Crippen LogP contribution in [0.4, 0.5) is 5.69 Å². The number of anilines is 1. The number of nitrogens with zero attached hydrogens (tertiary/aromatic N) is 1. The monoisotopic (exact) mass is 270 g/mol. The lowest BCUT2D eigenvalue weighted by Gasteiger charge is -2.35. The van der Waals surface area contributed by atoms with Crippen molar-refractivity contribution in [1.82, 2.24) is 4.57 Å². The highest BCUT2D eigenvalue weighted by Gasteiger charge is 2.28. The van der Waals surface area contributed by atoms with Gasteiger partial charge in [0.2, 0.25) is 0 Å². The fourth-order valence-electron chi connectivity index (χ4n) is 3.22. The fourth-order valence-corrected chi connectivity index (χ4v) is 3.22. The highest BCUT2D eigenvalue weighted by Crippen LogP contribution is 2.39. The number of hydrogen-bond donors (Lipinski definition) is 1. The first-order valence-electron chi connectivity index (χ1n) is 7.37. The van der Waals surface area contributed by atoms with Crippen molar-refractivity contribution >= 4 is 16.5 Å². The molecule has 20 heavy (non-hydrogen) atoms. The van der Waals surface area contributed by atoms with Crippen molar-refractivity contribution in [2.45, 2.75) is 45.6 Å². The number of nitrogen functional groups attached to an aromatic ring is 1. The quantitative estimate of drug-likeness (QED) is 0.803. The minimum absolute atomic E-state index is 0.0968. The Labute approximate surface area is 119 Å². The highest BCUT2D eigenvalue weighted by molar-refractivity contribution is 5.84. The number of nitrogens with two attached hydrogens (primary N) is 1. The summed E-state index contributed by atoms with van der Waals surface area (Å²) in [4.78, 5) is 12.6. The van der Waals surface area contributed by atoms with Gasteiger partial charge in [-0.3, -0.25) is 4.79 Å². The molecule has 0 atom stereocenters. The van der Waals surface area contributed by atoms with Crippen LogP contribution in [0.15, 0.2) is 35.3 Å². The van der Waals surface area contributed by atoms with E-state index < -0.39 is 0 Å². The molecule has 1 aromatic carbocycles. The van der Waals surface area contributed by atoms with E-state index in [9.17, 15) is 4.79 Å². The molecule has 0 radical (unpaired) electrons. The molecule has 106 valence electrons. The third-order valence-corrected chi connectivity index (χ3v) is 4.66. The lowest BCUT2D eigenvalue weighted by atomic mass is 9.75. The van der Waals surface area contributed by atoms with Crippen LogP contribution in [0.2, 0.25) is 0 Å². The molecule has 2 N–H and O–H groups in total. The van der Waals surface area contributed by atoms with Gasteiger partial charge in [-0.15, -0.1) is 0 Å². The van der Waals surface area contributed by atoms with Crippen molar-refractivity contribution in [3.8, 4) is 0 Å². The maximum absolute atomic E-state index is 12.6. The summed E-state index contributed by atoms with van der Waals surface area (Å²) in [5, 5.41) is 1.70. The molecule has 3 nitrogen and oxygen atoms in total. The fraction of sp³-hybridized carbons (Fsp3) is 0.471. The summed E-state index contributed by atoms with van der Waals surface area (Å²) < 4.78 is 1.91. The molecule has 1 aliphatic rings. The number of hydrogen-bond acceptors (Lipinski definition) is 2. The summed E-state index contributed by atoms with van der Waals surface area (Å²) in [6.45, 7) is 4.63. The van der Waals surface area contributed by atoms with E-state index in [0.29, 0.717) is 17.1 Å². The molecular weight excluding hydrogens is 248 g/mol. The van der Waals surface area contributed by atoms with E-state index in [2.05, 4.69) is 13.8 Å². The average molecular weight is 270 g/mol. The van der Waals surface area contributed by atoms with Crippen LogP contribution < -0.4 is 11.3 Å². The first-order chi connectivity index (χ1) is 9.46. The zero-order chi connectivity index (χ0) is 14.3. The van der Waals surface area contributed by atoms with Gasteiger partial charge in [-0.1, -0.05) is 19.9 Å². The van der Waals surface area contributed by atoms with Gasteiger partial charge in [0.15, 0.2) is 0 Å². The van der Waals surface area contributed by atoms with Gasteiger partial charge in [-0.25, -0.2) is 0 Å². The van der Waals surface area contributed by atoms with E-state index in [-0.39, 0.29) is 5.56 Å². The molecule has 0 spiro atoms. The lowest BCUT2D eigenvalue weighted by Crippen LogP contribution is -2.29. The van der Waals surface area contributed by atoms with Crippen molar-refractivity contribution in [2.75, 3.05) is 5.73 Å². The summed E-state index contributed by atoms with van der Waals surface area (Å²) in [6.07, 6.45) is 6.48. The molecule has 0 saturated heterocycles. The van der Waals surface area contributed by atoms with Crippen LogP contribution >= 0.6 is 0 Å². The van der Waals surface area contributed by atoms with Gasteiger partial charge in [-0.05, 0) is 54.7 Å². The van der Waals surface area contributed by atoms with Crippen molar-refractivity contribution in [3.63, 3.8) is 0 Å². The first-order valence-corrected chi connectivity index (χ1v) is 7.37. The van der Waals surface area contributed by atoms with Crippen LogP contribution in [0.3, 0.4) is 0 Å². The Morgan fingerprint density at radius 1 is 1.20 bits per heavy atom. The molecule has 0 aliphatic heterocycles.